The maximum Gasteiger partial charge on any atom is 0.444 e. The SMILES string of the molecule is C[C@H]1C(=O)ON(C(=O)OCc2ccccc2)[C@H]1c1ccccc1. The smallest absolute Gasteiger partial charge is 0.442 e. The first-order valence-corrected chi connectivity index (χ1v) is 7.43. The summed E-state index contributed by atoms with van der Waals surface area (Å²) in [4.78, 5) is 29.3. The monoisotopic (exact) mass is 311 g/mol. The second-order valence-electron chi connectivity index (χ2n) is 5.42. The predicted octanol–water partition coefficient (Wildman–Crippen LogP) is 3.47. The van der Waals surface area contributed by atoms with Gasteiger partial charge >= 0.3 is 12.1 Å². The quantitative estimate of drug-likeness (QED) is 0.871. The Hall–Kier alpha value is -2.82. The maximum atomic E-state index is 12.3. The van der Waals surface area contributed by atoms with Gasteiger partial charge in [-0.3, -0.25) is 0 Å². The Morgan fingerprint density at radius 2 is 1.70 bits per heavy atom. The normalized spacial score (nSPS) is 20.2. The largest absolute Gasteiger partial charge is 0.444 e. The molecule has 2 atom stereocenters. The summed E-state index contributed by atoms with van der Waals surface area (Å²) in [5, 5.41) is 1.03. The van der Waals surface area contributed by atoms with Crippen molar-refractivity contribution < 1.29 is 19.2 Å². The fourth-order valence-electron chi connectivity index (χ4n) is 2.58. The molecule has 0 spiro atoms. The van der Waals surface area contributed by atoms with E-state index in [0.29, 0.717) is 0 Å². The lowest BCUT2D eigenvalue weighted by Gasteiger charge is -2.22. The van der Waals surface area contributed by atoms with Crippen LogP contribution in [-0.4, -0.2) is 17.1 Å². The number of amides is 1. The molecule has 1 aliphatic heterocycles. The number of hydroxylamine groups is 2. The minimum Gasteiger partial charge on any atom is -0.442 e. The van der Waals surface area contributed by atoms with E-state index in [0.717, 1.165) is 16.2 Å². The fraction of sp³-hybridized carbons (Fsp3) is 0.222. The van der Waals surface area contributed by atoms with Gasteiger partial charge in [0.05, 0.1) is 5.92 Å². The predicted molar refractivity (Wildman–Crippen MR) is 82.9 cm³/mol. The van der Waals surface area contributed by atoms with Crippen LogP contribution in [0.2, 0.25) is 0 Å². The Labute approximate surface area is 134 Å². The topological polar surface area (TPSA) is 55.8 Å². The van der Waals surface area contributed by atoms with E-state index < -0.39 is 24.0 Å². The van der Waals surface area contributed by atoms with Crippen LogP contribution in [0.4, 0.5) is 4.79 Å². The molecule has 1 fully saturated rings. The zero-order chi connectivity index (χ0) is 16.2. The van der Waals surface area contributed by atoms with E-state index in [1.54, 1.807) is 6.92 Å². The molecule has 0 bridgehead atoms. The average Bonchev–Trinajstić information content (AvgIpc) is 2.90. The molecule has 118 valence electrons. The molecule has 1 amide bonds. The van der Waals surface area contributed by atoms with Gasteiger partial charge in [0.1, 0.15) is 12.6 Å². The second-order valence-corrected chi connectivity index (χ2v) is 5.42. The van der Waals surface area contributed by atoms with E-state index in [2.05, 4.69) is 0 Å². The summed E-state index contributed by atoms with van der Waals surface area (Å²) in [6.45, 7) is 1.87. The lowest BCUT2D eigenvalue weighted by Crippen LogP contribution is -2.31. The van der Waals surface area contributed by atoms with Crippen LogP contribution in [-0.2, 0) is 21.0 Å². The van der Waals surface area contributed by atoms with Gasteiger partial charge in [0.15, 0.2) is 0 Å². The Balaban J connectivity index is 1.74. The van der Waals surface area contributed by atoms with E-state index in [-0.39, 0.29) is 6.61 Å². The first-order valence-electron chi connectivity index (χ1n) is 7.43. The van der Waals surface area contributed by atoms with E-state index >= 15 is 0 Å². The van der Waals surface area contributed by atoms with E-state index in [1.165, 1.54) is 0 Å². The number of nitrogens with zero attached hydrogens (tertiary/aromatic N) is 1. The van der Waals surface area contributed by atoms with Gasteiger partial charge in [-0.1, -0.05) is 60.7 Å². The van der Waals surface area contributed by atoms with Gasteiger partial charge in [0.2, 0.25) is 0 Å². The molecule has 5 heteroatoms. The van der Waals surface area contributed by atoms with Crippen LogP contribution in [0.1, 0.15) is 24.1 Å². The Bertz CT molecular complexity index is 687. The Kier molecular flexibility index (Phi) is 4.28. The standard InChI is InChI=1S/C18H17NO4/c1-13-16(15-10-6-3-7-11-15)19(23-17(13)20)18(21)22-12-14-8-4-2-5-9-14/h2-11,13,16H,12H2,1H3/t13-,16-/m1/s1. The molecule has 1 heterocycles. The minimum atomic E-state index is -0.666. The molecule has 1 saturated heterocycles. The molecule has 5 nitrogen and oxygen atoms in total. The summed E-state index contributed by atoms with van der Waals surface area (Å²) in [6, 6.07) is 18.2. The van der Waals surface area contributed by atoms with Crippen molar-refractivity contribution in [3.63, 3.8) is 0 Å². The summed E-state index contributed by atoms with van der Waals surface area (Å²) in [7, 11) is 0. The van der Waals surface area contributed by atoms with Crippen LogP contribution >= 0.6 is 0 Å². The molecule has 0 radical (unpaired) electrons. The highest BCUT2D eigenvalue weighted by atomic mass is 16.8. The van der Waals surface area contributed by atoms with Crippen molar-refractivity contribution in [2.24, 2.45) is 5.92 Å². The first kappa shape index (κ1) is 15.1. The molecule has 2 aromatic carbocycles. The third-order valence-electron chi connectivity index (χ3n) is 3.81. The number of carbonyl (C=O) groups is 2. The van der Waals surface area contributed by atoms with Gasteiger partial charge < -0.3 is 9.57 Å². The zero-order valence-electron chi connectivity index (χ0n) is 12.7. The van der Waals surface area contributed by atoms with Crippen LogP contribution < -0.4 is 0 Å². The van der Waals surface area contributed by atoms with Crippen molar-refractivity contribution in [1.29, 1.82) is 0 Å². The molecule has 2 aromatic rings. The second kappa shape index (κ2) is 6.52. The third-order valence-corrected chi connectivity index (χ3v) is 3.81. The van der Waals surface area contributed by atoms with Gasteiger partial charge in [0, 0.05) is 0 Å². The van der Waals surface area contributed by atoms with Crippen molar-refractivity contribution >= 4 is 12.1 Å². The van der Waals surface area contributed by atoms with Crippen molar-refractivity contribution in [1.82, 2.24) is 5.06 Å². The highest BCUT2D eigenvalue weighted by Crippen LogP contribution is 2.36. The van der Waals surface area contributed by atoms with E-state index in [9.17, 15) is 9.59 Å². The molecule has 0 aromatic heterocycles. The summed E-state index contributed by atoms with van der Waals surface area (Å²) in [6.07, 6.45) is -0.666. The molecular formula is C18H17NO4. The lowest BCUT2D eigenvalue weighted by atomic mass is 9.96. The molecule has 23 heavy (non-hydrogen) atoms. The van der Waals surface area contributed by atoms with Gasteiger partial charge in [-0.05, 0) is 18.1 Å². The number of ether oxygens (including phenoxy) is 1. The Morgan fingerprint density at radius 1 is 1.09 bits per heavy atom. The van der Waals surface area contributed by atoms with Crippen LogP contribution in [0.3, 0.4) is 0 Å². The number of benzene rings is 2. The number of carbonyl (C=O) groups excluding carboxylic acids is 2. The highest BCUT2D eigenvalue weighted by Gasteiger charge is 2.45. The van der Waals surface area contributed by atoms with Gasteiger partial charge in [-0.15, -0.1) is 5.06 Å². The van der Waals surface area contributed by atoms with Crippen LogP contribution in [0.25, 0.3) is 0 Å². The van der Waals surface area contributed by atoms with E-state index in [4.69, 9.17) is 9.57 Å². The molecule has 0 saturated carbocycles. The minimum absolute atomic E-state index is 0.129. The summed E-state index contributed by atoms with van der Waals surface area (Å²) in [5.41, 5.74) is 1.71. The molecule has 3 rings (SSSR count). The van der Waals surface area contributed by atoms with Gasteiger partial charge in [-0.2, -0.15) is 0 Å². The summed E-state index contributed by atoms with van der Waals surface area (Å²) < 4.78 is 5.27. The molecule has 0 N–H and O–H groups in total. The third kappa shape index (κ3) is 3.18. The summed E-state index contributed by atoms with van der Waals surface area (Å²) in [5.74, 6) is -0.878. The van der Waals surface area contributed by atoms with Crippen molar-refractivity contribution in [2.45, 2.75) is 19.6 Å². The average molecular weight is 311 g/mol. The number of rotatable bonds is 3. The van der Waals surface area contributed by atoms with Crippen LogP contribution in [0.15, 0.2) is 60.7 Å². The van der Waals surface area contributed by atoms with Crippen LogP contribution in [0.5, 0.6) is 0 Å². The van der Waals surface area contributed by atoms with Crippen molar-refractivity contribution in [3.8, 4) is 0 Å². The first-order chi connectivity index (χ1) is 11.2. The number of hydrogen-bond donors (Lipinski definition) is 0. The molecular weight excluding hydrogens is 294 g/mol. The summed E-state index contributed by atoms with van der Waals surface area (Å²) >= 11 is 0. The highest BCUT2D eigenvalue weighted by molar-refractivity contribution is 5.80. The Morgan fingerprint density at radius 3 is 2.35 bits per heavy atom. The van der Waals surface area contributed by atoms with Crippen molar-refractivity contribution in [2.75, 3.05) is 0 Å². The molecule has 0 aliphatic carbocycles. The zero-order valence-corrected chi connectivity index (χ0v) is 12.7. The maximum absolute atomic E-state index is 12.3. The van der Waals surface area contributed by atoms with Gasteiger partial charge in [0.25, 0.3) is 0 Å². The number of hydrogen-bond acceptors (Lipinski definition) is 4. The van der Waals surface area contributed by atoms with Gasteiger partial charge in [-0.25, -0.2) is 9.59 Å². The molecule has 1 aliphatic rings. The lowest BCUT2D eigenvalue weighted by molar-refractivity contribution is -0.168. The molecule has 0 unspecified atom stereocenters. The van der Waals surface area contributed by atoms with Crippen molar-refractivity contribution in [3.05, 3.63) is 71.8 Å². The fourth-order valence-corrected chi connectivity index (χ4v) is 2.58. The van der Waals surface area contributed by atoms with Crippen LogP contribution in [0, 0.1) is 5.92 Å². The van der Waals surface area contributed by atoms with E-state index in [1.807, 2.05) is 60.7 Å².